The summed E-state index contributed by atoms with van der Waals surface area (Å²) < 4.78 is 18.0. The second kappa shape index (κ2) is 7.53. The van der Waals surface area contributed by atoms with Crippen molar-refractivity contribution in [1.29, 1.82) is 0 Å². The number of nitrogens with zero attached hydrogens (tertiary/aromatic N) is 3. The molecule has 0 aliphatic heterocycles. The molecule has 0 bridgehead atoms. The molecule has 1 N–H and O–H groups in total. The number of anilines is 1. The van der Waals surface area contributed by atoms with Gasteiger partial charge in [-0.1, -0.05) is 5.16 Å². The van der Waals surface area contributed by atoms with Gasteiger partial charge in [-0.15, -0.1) is 0 Å². The van der Waals surface area contributed by atoms with Crippen LogP contribution in [-0.2, 0) is 13.7 Å². The molecule has 0 unspecified atom stereocenters. The van der Waals surface area contributed by atoms with Crippen molar-refractivity contribution in [3.8, 4) is 11.5 Å². The highest BCUT2D eigenvalue weighted by Gasteiger charge is 2.15. The zero-order valence-electron chi connectivity index (χ0n) is 16.0. The van der Waals surface area contributed by atoms with Gasteiger partial charge in [-0.05, 0) is 39.0 Å². The molecule has 0 aliphatic rings. The van der Waals surface area contributed by atoms with E-state index >= 15 is 0 Å². The highest BCUT2D eigenvalue weighted by Crippen LogP contribution is 2.30. The van der Waals surface area contributed by atoms with E-state index in [0.29, 0.717) is 35.2 Å². The number of nitrogens with one attached hydrogen (secondary N) is 1. The fourth-order valence-electron chi connectivity index (χ4n) is 2.70. The molecule has 2 heterocycles. The number of aromatic nitrogens is 3. The first kappa shape index (κ1) is 18.5. The Morgan fingerprint density at radius 2 is 2.00 bits per heavy atom. The SMILES string of the molecule is COc1cc(C(=O)Nc2cc(C)nn2C)ccc1OCc1c(C)noc1C. The highest BCUT2D eigenvalue weighted by atomic mass is 16.5. The molecule has 1 amide bonds. The molecule has 8 nitrogen and oxygen atoms in total. The molecule has 8 heteroatoms. The highest BCUT2D eigenvalue weighted by molar-refractivity contribution is 6.04. The van der Waals surface area contributed by atoms with Gasteiger partial charge >= 0.3 is 0 Å². The Kier molecular flexibility index (Phi) is 5.16. The van der Waals surface area contributed by atoms with Gasteiger partial charge in [0.1, 0.15) is 18.2 Å². The molecule has 0 radical (unpaired) electrons. The number of carbonyl (C=O) groups is 1. The Labute approximate surface area is 157 Å². The average Bonchev–Trinajstić information content (AvgIpc) is 3.13. The van der Waals surface area contributed by atoms with Crippen LogP contribution in [0.2, 0.25) is 0 Å². The van der Waals surface area contributed by atoms with Crippen molar-refractivity contribution in [2.75, 3.05) is 12.4 Å². The molecule has 3 rings (SSSR count). The van der Waals surface area contributed by atoms with Gasteiger partial charge in [0, 0.05) is 18.7 Å². The molecule has 0 saturated heterocycles. The Hall–Kier alpha value is -3.29. The molecule has 0 spiro atoms. The largest absolute Gasteiger partial charge is 0.493 e. The maximum atomic E-state index is 12.5. The first-order valence-electron chi connectivity index (χ1n) is 8.43. The van der Waals surface area contributed by atoms with Crippen LogP contribution in [0.5, 0.6) is 11.5 Å². The van der Waals surface area contributed by atoms with Crippen molar-refractivity contribution in [2.24, 2.45) is 7.05 Å². The van der Waals surface area contributed by atoms with E-state index < -0.39 is 0 Å². The zero-order chi connectivity index (χ0) is 19.6. The number of aryl methyl sites for hydroxylation is 4. The summed E-state index contributed by atoms with van der Waals surface area (Å²) in [6.45, 7) is 5.87. The smallest absolute Gasteiger partial charge is 0.256 e. The van der Waals surface area contributed by atoms with Gasteiger partial charge in [0.05, 0.1) is 24.1 Å². The van der Waals surface area contributed by atoms with Gasteiger partial charge in [0.2, 0.25) is 0 Å². The molecule has 0 fully saturated rings. The van der Waals surface area contributed by atoms with E-state index in [2.05, 4.69) is 15.6 Å². The lowest BCUT2D eigenvalue weighted by Crippen LogP contribution is -2.14. The maximum Gasteiger partial charge on any atom is 0.256 e. The van der Waals surface area contributed by atoms with Gasteiger partial charge in [-0.25, -0.2) is 0 Å². The fourth-order valence-corrected chi connectivity index (χ4v) is 2.70. The molecule has 2 aromatic heterocycles. The van der Waals surface area contributed by atoms with Crippen LogP contribution < -0.4 is 14.8 Å². The van der Waals surface area contributed by atoms with Crippen molar-refractivity contribution < 1.29 is 18.8 Å². The maximum absolute atomic E-state index is 12.5. The molecule has 0 atom stereocenters. The molecule has 27 heavy (non-hydrogen) atoms. The Bertz CT molecular complexity index is 955. The molecular weight excluding hydrogens is 348 g/mol. The standard InChI is InChI=1S/C19H22N4O4/c1-11-8-18(23(4)21-11)20-19(24)14-6-7-16(17(9-14)25-5)26-10-15-12(2)22-27-13(15)3/h6-9H,10H2,1-5H3,(H,20,24). The second-order valence-electron chi connectivity index (χ2n) is 6.21. The third-order valence-corrected chi connectivity index (χ3v) is 4.22. The Morgan fingerprint density at radius 3 is 2.59 bits per heavy atom. The van der Waals surface area contributed by atoms with Crippen LogP contribution in [0.15, 0.2) is 28.8 Å². The number of hydrogen-bond donors (Lipinski definition) is 1. The molecule has 0 aliphatic carbocycles. The Morgan fingerprint density at radius 1 is 1.22 bits per heavy atom. The summed E-state index contributed by atoms with van der Waals surface area (Å²) >= 11 is 0. The minimum Gasteiger partial charge on any atom is -0.493 e. The molecule has 142 valence electrons. The first-order valence-corrected chi connectivity index (χ1v) is 8.43. The van der Waals surface area contributed by atoms with Crippen molar-refractivity contribution in [3.05, 3.63) is 52.5 Å². The van der Waals surface area contributed by atoms with Crippen LogP contribution in [0.4, 0.5) is 5.82 Å². The predicted molar refractivity (Wildman–Crippen MR) is 99.2 cm³/mol. The van der Waals surface area contributed by atoms with Crippen molar-refractivity contribution in [1.82, 2.24) is 14.9 Å². The predicted octanol–water partition coefficient (Wildman–Crippen LogP) is 3.17. The topological polar surface area (TPSA) is 91.4 Å². The number of hydrogen-bond acceptors (Lipinski definition) is 6. The van der Waals surface area contributed by atoms with Gasteiger partial charge in [0.15, 0.2) is 11.5 Å². The van der Waals surface area contributed by atoms with E-state index in [1.54, 1.807) is 36.0 Å². The summed E-state index contributed by atoms with van der Waals surface area (Å²) in [6, 6.07) is 6.83. The van der Waals surface area contributed by atoms with E-state index in [1.807, 2.05) is 20.8 Å². The summed E-state index contributed by atoms with van der Waals surface area (Å²) in [5.74, 6) is 2.08. The van der Waals surface area contributed by atoms with Crippen LogP contribution in [0, 0.1) is 20.8 Å². The van der Waals surface area contributed by atoms with Crippen molar-refractivity contribution in [2.45, 2.75) is 27.4 Å². The quantitative estimate of drug-likeness (QED) is 0.717. The zero-order valence-corrected chi connectivity index (χ0v) is 16.0. The fraction of sp³-hybridized carbons (Fsp3) is 0.316. The summed E-state index contributed by atoms with van der Waals surface area (Å²) in [5, 5.41) is 11.0. The van der Waals surface area contributed by atoms with Crippen LogP contribution >= 0.6 is 0 Å². The van der Waals surface area contributed by atoms with Gasteiger partial charge in [-0.2, -0.15) is 5.10 Å². The number of methoxy groups -OCH3 is 1. The van der Waals surface area contributed by atoms with E-state index in [0.717, 1.165) is 17.0 Å². The lowest BCUT2D eigenvalue weighted by molar-refractivity contribution is 0.102. The number of amides is 1. The lowest BCUT2D eigenvalue weighted by atomic mass is 10.2. The van der Waals surface area contributed by atoms with E-state index in [9.17, 15) is 4.79 Å². The number of rotatable bonds is 6. The monoisotopic (exact) mass is 370 g/mol. The summed E-state index contributed by atoms with van der Waals surface area (Å²) in [5.41, 5.74) is 2.96. The minimum absolute atomic E-state index is 0.256. The summed E-state index contributed by atoms with van der Waals surface area (Å²) in [6.07, 6.45) is 0. The summed E-state index contributed by atoms with van der Waals surface area (Å²) in [4.78, 5) is 12.5. The molecular formula is C19H22N4O4. The number of carbonyl (C=O) groups excluding carboxylic acids is 1. The normalized spacial score (nSPS) is 10.7. The first-order chi connectivity index (χ1) is 12.9. The van der Waals surface area contributed by atoms with Gasteiger partial charge in [0.25, 0.3) is 5.91 Å². The third kappa shape index (κ3) is 3.94. The second-order valence-corrected chi connectivity index (χ2v) is 6.21. The van der Waals surface area contributed by atoms with Crippen LogP contribution in [0.3, 0.4) is 0 Å². The van der Waals surface area contributed by atoms with Gasteiger partial charge < -0.3 is 19.3 Å². The van der Waals surface area contributed by atoms with Crippen LogP contribution in [0.25, 0.3) is 0 Å². The van der Waals surface area contributed by atoms with Crippen LogP contribution in [0.1, 0.15) is 33.1 Å². The van der Waals surface area contributed by atoms with E-state index in [4.69, 9.17) is 14.0 Å². The van der Waals surface area contributed by atoms with Gasteiger partial charge in [-0.3, -0.25) is 9.48 Å². The van der Waals surface area contributed by atoms with Crippen molar-refractivity contribution >= 4 is 11.7 Å². The van der Waals surface area contributed by atoms with Crippen molar-refractivity contribution in [3.63, 3.8) is 0 Å². The van der Waals surface area contributed by atoms with E-state index in [-0.39, 0.29) is 5.91 Å². The minimum atomic E-state index is -0.256. The third-order valence-electron chi connectivity index (χ3n) is 4.22. The van der Waals surface area contributed by atoms with E-state index in [1.165, 1.54) is 7.11 Å². The number of benzene rings is 1. The molecule has 1 aromatic carbocycles. The lowest BCUT2D eigenvalue weighted by Gasteiger charge is -2.12. The van der Waals surface area contributed by atoms with Crippen LogP contribution in [-0.4, -0.2) is 28.0 Å². The molecule has 3 aromatic rings. The summed E-state index contributed by atoms with van der Waals surface area (Å²) in [7, 11) is 3.30. The average molecular weight is 370 g/mol. The Balaban J connectivity index is 1.75. The molecule has 0 saturated carbocycles. The number of ether oxygens (including phenoxy) is 2.